The first-order chi connectivity index (χ1) is 9.56. The zero-order valence-electron chi connectivity index (χ0n) is 10.6. The van der Waals surface area contributed by atoms with Crippen LogP contribution in [-0.2, 0) is 9.59 Å². The highest BCUT2D eigenvalue weighted by Crippen LogP contribution is 2.20. The van der Waals surface area contributed by atoms with Gasteiger partial charge in [-0.3, -0.25) is 14.9 Å². The van der Waals surface area contributed by atoms with E-state index in [0.29, 0.717) is 10.7 Å². The third-order valence-corrected chi connectivity index (χ3v) is 2.68. The first kappa shape index (κ1) is 14.0. The van der Waals surface area contributed by atoms with E-state index >= 15 is 0 Å². The Balaban J connectivity index is 2.04. The first-order valence-electron chi connectivity index (χ1n) is 5.72. The summed E-state index contributed by atoms with van der Waals surface area (Å²) in [4.78, 5) is 31.0. The summed E-state index contributed by atoms with van der Waals surface area (Å²) in [6, 6.07) is 6.62. The molecule has 102 valence electrons. The average molecular weight is 291 g/mol. The molecule has 1 aromatic heterocycles. The van der Waals surface area contributed by atoms with Gasteiger partial charge >= 0.3 is 11.8 Å². The molecule has 0 aliphatic rings. The van der Waals surface area contributed by atoms with Crippen LogP contribution in [0.5, 0.6) is 0 Å². The highest BCUT2D eigenvalue weighted by atomic mass is 35.5. The SMILES string of the molecule is Cc1ccc(Cl)cc1NC(=O)C(=O)Nc1ncccn1. The number of aryl methyl sites for hydroxylation is 1. The number of anilines is 2. The second kappa shape index (κ2) is 6.12. The second-order valence-electron chi connectivity index (χ2n) is 3.94. The molecule has 2 aromatic rings. The van der Waals surface area contributed by atoms with Crippen LogP contribution in [0.25, 0.3) is 0 Å². The third kappa shape index (κ3) is 3.52. The highest BCUT2D eigenvalue weighted by Gasteiger charge is 2.16. The summed E-state index contributed by atoms with van der Waals surface area (Å²) in [7, 11) is 0. The van der Waals surface area contributed by atoms with Crippen LogP contribution in [0.4, 0.5) is 11.6 Å². The molecule has 0 radical (unpaired) electrons. The molecule has 2 N–H and O–H groups in total. The van der Waals surface area contributed by atoms with E-state index in [9.17, 15) is 9.59 Å². The number of nitrogens with zero attached hydrogens (tertiary/aromatic N) is 2. The van der Waals surface area contributed by atoms with Gasteiger partial charge in [-0.15, -0.1) is 0 Å². The Labute approximate surface area is 120 Å². The summed E-state index contributed by atoms with van der Waals surface area (Å²) in [6.45, 7) is 1.80. The lowest BCUT2D eigenvalue weighted by Crippen LogP contribution is -2.30. The van der Waals surface area contributed by atoms with Crippen LogP contribution in [0.15, 0.2) is 36.7 Å². The molecule has 0 spiro atoms. The van der Waals surface area contributed by atoms with Crippen molar-refractivity contribution in [1.82, 2.24) is 9.97 Å². The molecule has 0 aliphatic carbocycles. The Morgan fingerprint density at radius 2 is 1.75 bits per heavy atom. The van der Waals surface area contributed by atoms with Crippen molar-refractivity contribution in [3.05, 3.63) is 47.2 Å². The zero-order chi connectivity index (χ0) is 14.5. The lowest BCUT2D eigenvalue weighted by molar-refractivity contribution is -0.133. The fraction of sp³-hybridized carbons (Fsp3) is 0.0769. The number of rotatable bonds is 2. The monoisotopic (exact) mass is 290 g/mol. The van der Waals surface area contributed by atoms with Gasteiger partial charge in [-0.25, -0.2) is 9.97 Å². The van der Waals surface area contributed by atoms with E-state index < -0.39 is 11.8 Å². The molecule has 7 heteroatoms. The van der Waals surface area contributed by atoms with E-state index in [0.717, 1.165) is 5.56 Å². The molecule has 0 atom stereocenters. The summed E-state index contributed by atoms with van der Waals surface area (Å²) in [5.74, 6) is -1.60. The van der Waals surface area contributed by atoms with Crippen LogP contribution >= 0.6 is 11.6 Å². The van der Waals surface area contributed by atoms with E-state index in [1.165, 1.54) is 12.4 Å². The van der Waals surface area contributed by atoms with E-state index in [1.54, 1.807) is 31.2 Å². The highest BCUT2D eigenvalue weighted by molar-refractivity contribution is 6.43. The van der Waals surface area contributed by atoms with Crippen LogP contribution < -0.4 is 10.6 Å². The number of carbonyl (C=O) groups is 2. The van der Waals surface area contributed by atoms with Crippen molar-refractivity contribution in [3.63, 3.8) is 0 Å². The molecule has 2 amide bonds. The largest absolute Gasteiger partial charge is 0.317 e. The van der Waals surface area contributed by atoms with Gasteiger partial charge < -0.3 is 5.32 Å². The van der Waals surface area contributed by atoms with E-state index in [2.05, 4.69) is 20.6 Å². The first-order valence-corrected chi connectivity index (χ1v) is 6.09. The molecule has 6 nitrogen and oxygen atoms in total. The molecule has 20 heavy (non-hydrogen) atoms. The summed E-state index contributed by atoms with van der Waals surface area (Å²) in [5, 5.41) is 5.24. The van der Waals surface area contributed by atoms with Gasteiger partial charge in [-0.1, -0.05) is 17.7 Å². The van der Waals surface area contributed by atoms with E-state index in [4.69, 9.17) is 11.6 Å². The number of benzene rings is 1. The van der Waals surface area contributed by atoms with Gasteiger partial charge in [-0.05, 0) is 30.7 Å². The van der Waals surface area contributed by atoms with Crippen LogP contribution in [0.3, 0.4) is 0 Å². The van der Waals surface area contributed by atoms with E-state index in [-0.39, 0.29) is 5.95 Å². The number of carbonyl (C=O) groups excluding carboxylic acids is 2. The van der Waals surface area contributed by atoms with E-state index in [1.807, 2.05) is 0 Å². The van der Waals surface area contributed by atoms with Crippen LogP contribution in [0.2, 0.25) is 5.02 Å². The summed E-state index contributed by atoms with van der Waals surface area (Å²) < 4.78 is 0. The average Bonchev–Trinajstić information content (AvgIpc) is 2.44. The lowest BCUT2D eigenvalue weighted by Gasteiger charge is -2.08. The van der Waals surface area contributed by atoms with Crippen molar-refractivity contribution < 1.29 is 9.59 Å². The molecule has 0 saturated heterocycles. The van der Waals surface area contributed by atoms with Gasteiger partial charge in [0.1, 0.15) is 0 Å². The number of hydrogen-bond donors (Lipinski definition) is 2. The van der Waals surface area contributed by atoms with Gasteiger partial charge in [0.2, 0.25) is 5.95 Å². The standard InChI is InChI=1S/C13H11ClN4O2/c1-8-3-4-9(14)7-10(8)17-11(19)12(20)18-13-15-5-2-6-16-13/h2-7H,1H3,(H,17,19)(H,15,16,18,20). The molecule has 1 aromatic carbocycles. The maximum absolute atomic E-state index is 11.8. The molecule has 0 bridgehead atoms. The minimum atomic E-state index is -0.851. The molecular weight excluding hydrogens is 280 g/mol. The van der Waals surface area contributed by atoms with Gasteiger partial charge in [0, 0.05) is 23.1 Å². The Kier molecular flexibility index (Phi) is 4.27. The molecule has 1 heterocycles. The predicted octanol–water partition coefficient (Wildman–Crippen LogP) is 2.02. The fourth-order valence-electron chi connectivity index (χ4n) is 1.43. The Bertz CT molecular complexity index is 646. The maximum Gasteiger partial charge on any atom is 0.316 e. The maximum atomic E-state index is 11.8. The summed E-state index contributed by atoms with van der Waals surface area (Å²) in [5.41, 5.74) is 1.28. The number of halogens is 1. The molecule has 0 unspecified atom stereocenters. The topological polar surface area (TPSA) is 84.0 Å². The van der Waals surface area contributed by atoms with Gasteiger partial charge in [0.15, 0.2) is 0 Å². The van der Waals surface area contributed by atoms with Crippen LogP contribution in [0.1, 0.15) is 5.56 Å². The van der Waals surface area contributed by atoms with Gasteiger partial charge in [-0.2, -0.15) is 0 Å². The quantitative estimate of drug-likeness (QED) is 0.829. The smallest absolute Gasteiger partial charge is 0.316 e. The number of nitrogens with one attached hydrogen (secondary N) is 2. The predicted molar refractivity (Wildman–Crippen MR) is 75.5 cm³/mol. The molecule has 0 aliphatic heterocycles. The lowest BCUT2D eigenvalue weighted by atomic mass is 10.2. The van der Waals surface area contributed by atoms with Crippen molar-refractivity contribution in [2.45, 2.75) is 6.92 Å². The fourth-order valence-corrected chi connectivity index (χ4v) is 1.60. The number of aromatic nitrogens is 2. The van der Waals surface area contributed by atoms with Crippen LogP contribution in [-0.4, -0.2) is 21.8 Å². The number of hydrogen-bond acceptors (Lipinski definition) is 4. The summed E-state index contributed by atoms with van der Waals surface area (Å²) >= 11 is 5.84. The molecule has 0 fully saturated rings. The third-order valence-electron chi connectivity index (χ3n) is 2.45. The normalized spacial score (nSPS) is 9.90. The van der Waals surface area contributed by atoms with Gasteiger partial charge in [0.05, 0.1) is 0 Å². The Morgan fingerprint density at radius 1 is 1.10 bits per heavy atom. The number of amides is 2. The van der Waals surface area contributed by atoms with Gasteiger partial charge in [0.25, 0.3) is 0 Å². The molecular formula is C13H11ClN4O2. The molecule has 0 saturated carbocycles. The Morgan fingerprint density at radius 3 is 2.45 bits per heavy atom. The van der Waals surface area contributed by atoms with Crippen molar-refractivity contribution in [3.8, 4) is 0 Å². The second-order valence-corrected chi connectivity index (χ2v) is 4.38. The van der Waals surface area contributed by atoms with Crippen molar-refractivity contribution >= 4 is 35.1 Å². The van der Waals surface area contributed by atoms with Crippen molar-refractivity contribution in [2.75, 3.05) is 10.6 Å². The minimum absolute atomic E-state index is 0.0652. The zero-order valence-corrected chi connectivity index (χ0v) is 11.3. The molecule has 2 rings (SSSR count). The van der Waals surface area contributed by atoms with Crippen molar-refractivity contribution in [2.24, 2.45) is 0 Å². The van der Waals surface area contributed by atoms with Crippen molar-refractivity contribution in [1.29, 1.82) is 0 Å². The summed E-state index contributed by atoms with van der Waals surface area (Å²) in [6.07, 6.45) is 2.92. The minimum Gasteiger partial charge on any atom is -0.317 e. The Hall–Kier alpha value is -2.47. The van der Waals surface area contributed by atoms with Crippen LogP contribution in [0, 0.1) is 6.92 Å².